The molecule has 198 valence electrons. The van der Waals surface area contributed by atoms with Crippen LogP contribution in [0.25, 0.3) is 0 Å². The van der Waals surface area contributed by atoms with Gasteiger partial charge in [-0.2, -0.15) is 20.1 Å². The maximum absolute atomic E-state index is 13.3. The van der Waals surface area contributed by atoms with Gasteiger partial charge >= 0.3 is 11.7 Å². The Kier molecular flexibility index (Phi) is 8.20. The molecular formula is C24H25FN8O5. The minimum absolute atomic E-state index is 0.0861. The van der Waals surface area contributed by atoms with Crippen molar-refractivity contribution in [1.82, 2.24) is 15.0 Å². The first-order chi connectivity index (χ1) is 18.3. The molecule has 14 heteroatoms. The number of nitrogens with zero attached hydrogens (tertiary/aromatic N) is 6. The predicted octanol–water partition coefficient (Wildman–Crippen LogP) is 4.03. The summed E-state index contributed by atoms with van der Waals surface area (Å²) in [5.74, 6) is -0.589. The molecule has 38 heavy (non-hydrogen) atoms. The Morgan fingerprint density at radius 2 is 1.82 bits per heavy atom. The predicted molar refractivity (Wildman–Crippen MR) is 138 cm³/mol. The SMILES string of the molecule is COc1c(OC(C)=O)ccc(/C=N/Nc2nc(Nc3ccc(F)cc3)nc(N3CCCCC3)n2)c1[N+](=O)[O-]. The number of halogens is 1. The molecule has 0 amide bonds. The lowest BCUT2D eigenvalue weighted by molar-refractivity contribution is -0.385. The normalized spacial score (nSPS) is 13.3. The molecule has 1 aliphatic heterocycles. The van der Waals surface area contributed by atoms with Gasteiger partial charge in [0.1, 0.15) is 5.82 Å². The minimum atomic E-state index is -0.657. The highest BCUT2D eigenvalue weighted by Gasteiger charge is 2.25. The molecule has 1 fully saturated rings. The van der Waals surface area contributed by atoms with E-state index >= 15 is 0 Å². The fourth-order valence-electron chi connectivity index (χ4n) is 3.82. The van der Waals surface area contributed by atoms with E-state index in [1.807, 2.05) is 4.90 Å². The molecule has 3 aromatic rings. The van der Waals surface area contributed by atoms with Crippen molar-refractivity contribution in [3.8, 4) is 11.5 Å². The van der Waals surface area contributed by atoms with Crippen molar-refractivity contribution in [3.05, 3.63) is 57.9 Å². The number of methoxy groups -OCH3 is 1. The first-order valence-electron chi connectivity index (χ1n) is 11.7. The summed E-state index contributed by atoms with van der Waals surface area (Å²) in [7, 11) is 1.23. The van der Waals surface area contributed by atoms with E-state index in [0.29, 0.717) is 11.6 Å². The molecule has 1 saturated heterocycles. The van der Waals surface area contributed by atoms with Crippen LogP contribution in [-0.2, 0) is 4.79 Å². The number of carbonyl (C=O) groups is 1. The topological polar surface area (TPSA) is 157 Å². The van der Waals surface area contributed by atoms with Crippen LogP contribution in [0.4, 0.5) is 33.6 Å². The molecular weight excluding hydrogens is 499 g/mol. The van der Waals surface area contributed by atoms with Gasteiger partial charge in [-0.3, -0.25) is 14.9 Å². The first kappa shape index (κ1) is 26.2. The Morgan fingerprint density at radius 3 is 2.47 bits per heavy atom. The number of ether oxygens (including phenoxy) is 2. The molecule has 0 radical (unpaired) electrons. The molecule has 1 aliphatic rings. The van der Waals surface area contributed by atoms with Crippen LogP contribution in [0.3, 0.4) is 0 Å². The average Bonchev–Trinajstić information content (AvgIpc) is 2.90. The highest BCUT2D eigenvalue weighted by atomic mass is 19.1. The Hall–Kier alpha value is -4.88. The van der Waals surface area contributed by atoms with E-state index in [1.165, 1.54) is 44.5 Å². The molecule has 2 N–H and O–H groups in total. The van der Waals surface area contributed by atoms with Gasteiger partial charge in [-0.15, -0.1) is 0 Å². The van der Waals surface area contributed by atoms with Crippen molar-refractivity contribution < 1.29 is 23.6 Å². The number of nitro benzene ring substituents is 1. The fourth-order valence-corrected chi connectivity index (χ4v) is 3.82. The van der Waals surface area contributed by atoms with Crippen molar-refractivity contribution in [1.29, 1.82) is 0 Å². The summed E-state index contributed by atoms with van der Waals surface area (Å²) < 4.78 is 23.4. The lowest BCUT2D eigenvalue weighted by Crippen LogP contribution is -2.31. The molecule has 2 aromatic carbocycles. The van der Waals surface area contributed by atoms with Gasteiger partial charge in [0.05, 0.1) is 23.8 Å². The fraction of sp³-hybridized carbons (Fsp3) is 0.292. The maximum atomic E-state index is 13.3. The molecule has 1 aromatic heterocycles. The van der Waals surface area contributed by atoms with Crippen LogP contribution in [0.1, 0.15) is 31.7 Å². The quantitative estimate of drug-likeness (QED) is 0.137. The third-order valence-electron chi connectivity index (χ3n) is 5.50. The number of hydrazone groups is 1. The molecule has 0 spiro atoms. The van der Waals surface area contributed by atoms with Crippen LogP contribution in [0.5, 0.6) is 11.5 Å². The van der Waals surface area contributed by atoms with Gasteiger partial charge in [-0.25, -0.2) is 9.82 Å². The maximum Gasteiger partial charge on any atom is 0.323 e. The number of hydrogen-bond donors (Lipinski definition) is 2. The van der Waals surface area contributed by atoms with Crippen molar-refractivity contribution in [3.63, 3.8) is 0 Å². The molecule has 2 heterocycles. The number of esters is 1. The molecule has 0 unspecified atom stereocenters. The van der Waals surface area contributed by atoms with Crippen molar-refractivity contribution in [2.24, 2.45) is 5.10 Å². The lowest BCUT2D eigenvalue weighted by Gasteiger charge is -2.26. The van der Waals surface area contributed by atoms with E-state index in [1.54, 1.807) is 12.1 Å². The number of benzene rings is 2. The number of nitro groups is 1. The largest absolute Gasteiger partial charge is 0.488 e. The van der Waals surface area contributed by atoms with Gasteiger partial charge in [-0.1, -0.05) is 0 Å². The van der Waals surface area contributed by atoms with E-state index in [2.05, 4.69) is 30.8 Å². The summed E-state index contributed by atoms with van der Waals surface area (Å²) in [6.07, 6.45) is 4.33. The Bertz CT molecular complexity index is 1350. The summed E-state index contributed by atoms with van der Waals surface area (Å²) in [4.78, 5) is 37.7. The van der Waals surface area contributed by atoms with Gasteiger partial charge in [-0.05, 0) is 55.7 Å². The standard InChI is InChI=1S/C24H25FN8O5/c1-15(34)38-19-11-6-16(20(33(35)36)21(19)37-2)14-26-31-23-28-22(27-18-9-7-17(25)8-10-18)29-24(30-23)32-12-4-3-5-13-32/h6-11,14H,3-5,12-13H2,1-2H3,(H2,27,28,29,30,31)/b26-14+. The van der Waals surface area contributed by atoms with E-state index in [9.17, 15) is 19.3 Å². The minimum Gasteiger partial charge on any atom is -0.488 e. The summed E-state index contributed by atoms with van der Waals surface area (Å²) >= 11 is 0. The lowest BCUT2D eigenvalue weighted by atomic mass is 10.1. The average molecular weight is 525 g/mol. The van der Waals surface area contributed by atoms with Crippen LogP contribution < -0.4 is 25.1 Å². The summed E-state index contributed by atoms with van der Waals surface area (Å²) in [6.45, 7) is 2.74. The first-order valence-corrected chi connectivity index (χ1v) is 11.7. The zero-order valence-electron chi connectivity index (χ0n) is 20.7. The number of anilines is 4. The van der Waals surface area contributed by atoms with Gasteiger partial charge in [0.25, 0.3) is 0 Å². The molecule has 13 nitrogen and oxygen atoms in total. The van der Waals surface area contributed by atoms with Crippen molar-refractivity contribution in [2.75, 3.05) is 35.8 Å². The Balaban J connectivity index is 1.62. The van der Waals surface area contributed by atoms with Gasteiger partial charge in [0.2, 0.25) is 23.6 Å². The third-order valence-corrected chi connectivity index (χ3v) is 5.50. The van der Waals surface area contributed by atoms with Gasteiger partial charge in [0.15, 0.2) is 5.75 Å². The van der Waals surface area contributed by atoms with Crippen molar-refractivity contribution >= 4 is 41.4 Å². The number of hydrogen-bond acceptors (Lipinski definition) is 12. The van der Waals surface area contributed by atoms with E-state index in [0.717, 1.165) is 32.4 Å². The Morgan fingerprint density at radius 1 is 1.11 bits per heavy atom. The highest BCUT2D eigenvalue weighted by Crippen LogP contribution is 2.39. The van der Waals surface area contributed by atoms with E-state index < -0.39 is 16.6 Å². The number of nitrogens with one attached hydrogen (secondary N) is 2. The van der Waals surface area contributed by atoms with Crippen LogP contribution >= 0.6 is 0 Å². The monoisotopic (exact) mass is 524 g/mol. The molecule has 0 bridgehead atoms. The second-order valence-corrected chi connectivity index (χ2v) is 8.22. The second kappa shape index (κ2) is 11.9. The van der Waals surface area contributed by atoms with E-state index in [4.69, 9.17) is 9.47 Å². The zero-order chi connectivity index (χ0) is 27.1. The number of piperidine rings is 1. The smallest absolute Gasteiger partial charge is 0.323 e. The number of carbonyl (C=O) groups excluding carboxylic acids is 1. The molecule has 0 saturated carbocycles. The van der Waals surface area contributed by atoms with Crippen LogP contribution in [-0.4, -0.2) is 52.3 Å². The highest BCUT2D eigenvalue weighted by molar-refractivity contribution is 5.89. The summed E-state index contributed by atoms with van der Waals surface area (Å²) in [5, 5.41) is 18.9. The van der Waals surface area contributed by atoms with Crippen LogP contribution in [0, 0.1) is 15.9 Å². The number of rotatable bonds is 9. The molecule has 4 rings (SSSR count). The summed E-state index contributed by atoms with van der Waals surface area (Å²) in [6, 6.07) is 8.47. The molecule has 0 aliphatic carbocycles. The van der Waals surface area contributed by atoms with Crippen molar-refractivity contribution in [2.45, 2.75) is 26.2 Å². The molecule has 0 atom stereocenters. The van der Waals surface area contributed by atoms with Gasteiger partial charge in [0, 0.05) is 25.7 Å². The van der Waals surface area contributed by atoms with Gasteiger partial charge < -0.3 is 19.7 Å². The zero-order valence-corrected chi connectivity index (χ0v) is 20.7. The van der Waals surface area contributed by atoms with Crippen LogP contribution in [0.2, 0.25) is 0 Å². The second-order valence-electron chi connectivity index (χ2n) is 8.22. The Labute approximate surface area is 216 Å². The number of aromatic nitrogens is 3. The summed E-state index contributed by atoms with van der Waals surface area (Å²) in [5.41, 5.74) is 2.92. The van der Waals surface area contributed by atoms with E-state index in [-0.39, 0.29) is 34.8 Å². The third kappa shape index (κ3) is 6.46. The van der Waals surface area contributed by atoms with Crippen LogP contribution in [0.15, 0.2) is 41.5 Å².